The van der Waals surface area contributed by atoms with E-state index in [0.29, 0.717) is 0 Å². The molecule has 0 unspecified atom stereocenters. The predicted octanol–water partition coefficient (Wildman–Crippen LogP) is 3.83. The Hall–Kier alpha value is 0.410. The average Bonchev–Trinajstić information content (AvgIpc) is 2.03. The summed E-state index contributed by atoms with van der Waals surface area (Å²) in [5.41, 5.74) is 0. The van der Waals surface area contributed by atoms with E-state index in [4.69, 9.17) is 0 Å². The maximum atomic E-state index is 9.79. The Balaban J connectivity index is 2.74. The van der Waals surface area contributed by atoms with Gasteiger partial charge < -0.3 is 0 Å². The van der Waals surface area contributed by atoms with Gasteiger partial charge in [0.1, 0.15) is 0 Å². The number of hydrogen-bond donors (Lipinski definition) is 0. The summed E-state index contributed by atoms with van der Waals surface area (Å²) in [4.78, 5) is 0. The summed E-state index contributed by atoms with van der Waals surface area (Å²) in [6.45, 7) is 2.20. The molecule has 0 aromatic heterocycles. The zero-order valence-corrected chi connectivity index (χ0v) is 8.63. The van der Waals surface area contributed by atoms with Crippen molar-refractivity contribution in [2.24, 2.45) is 0 Å². The van der Waals surface area contributed by atoms with E-state index >= 15 is 0 Å². The van der Waals surface area contributed by atoms with E-state index in [1.807, 2.05) is 0 Å². The Bertz CT molecular complexity index is 90.5. The monoisotopic (exact) mass is 194 g/mol. The van der Waals surface area contributed by atoms with E-state index < -0.39 is 0 Å². The Morgan fingerprint density at radius 2 is 2.00 bits per heavy atom. The molecule has 0 N–H and O–H groups in total. The SMILES string of the molecule is CCCCCCCSOP=O. The molecule has 0 aromatic carbocycles. The highest BCUT2D eigenvalue weighted by Crippen LogP contribution is 2.14. The van der Waals surface area contributed by atoms with Gasteiger partial charge in [-0.1, -0.05) is 32.6 Å². The second kappa shape index (κ2) is 10.4. The van der Waals surface area contributed by atoms with E-state index in [0.717, 1.165) is 5.75 Å². The van der Waals surface area contributed by atoms with Gasteiger partial charge in [0.05, 0.1) is 0 Å². The van der Waals surface area contributed by atoms with Gasteiger partial charge in [-0.2, -0.15) is 0 Å². The van der Waals surface area contributed by atoms with Gasteiger partial charge in [-0.15, -0.1) is 0 Å². The first-order chi connectivity index (χ1) is 5.41. The molecule has 11 heavy (non-hydrogen) atoms. The molecule has 0 amide bonds. The van der Waals surface area contributed by atoms with E-state index in [2.05, 4.69) is 10.9 Å². The molecule has 0 aliphatic carbocycles. The smallest absolute Gasteiger partial charge is 0.239 e. The molecule has 0 fully saturated rings. The molecule has 0 atom stereocenters. The largest absolute Gasteiger partial charge is 0.339 e. The molecule has 0 bridgehead atoms. The van der Waals surface area contributed by atoms with Crippen LogP contribution in [0.3, 0.4) is 0 Å². The third-order valence-electron chi connectivity index (χ3n) is 1.41. The molecule has 66 valence electrons. The fraction of sp³-hybridized carbons (Fsp3) is 1.00. The lowest BCUT2D eigenvalue weighted by Crippen LogP contribution is -1.80. The predicted molar refractivity (Wildman–Crippen MR) is 49.9 cm³/mol. The van der Waals surface area contributed by atoms with Crippen molar-refractivity contribution in [2.75, 3.05) is 5.75 Å². The average molecular weight is 194 g/mol. The molecular weight excluding hydrogens is 179 g/mol. The van der Waals surface area contributed by atoms with Crippen molar-refractivity contribution in [1.82, 2.24) is 0 Å². The highest BCUT2D eigenvalue weighted by Gasteiger charge is 1.90. The summed E-state index contributed by atoms with van der Waals surface area (Å²) in [7, 11) is -0.217. The van der Waals surface area contributed by atoms with Gasteiger partial charge in [-0.05, 0) is 6.42 Å². The van der Waals surface area contributed by atoms with Crippen LogP contribution in [0.1, 0.15) is 39.0 Å². The number of hydrogen-bond acceptors (Lipinski definition) is 3. The molecule has 0 saturated carbocycles. The second-order valence-electron chi connectivity index (χ2n) is 2.39. The van der Waals surface area contributed by atoms with Crippen LogP contribution in [0.2, 0.25) is 0 Å². The zero-order chi connectivity index (χ0) is 8.36. The highest BCUT2D eigenvalue weighted by atomic mass is 32.2. The van der Waals surface area contributed by atoms with Crippen LogP contribution < -0.4 is 0 Å². The fourth-order valence-electron chi connectivity index (χ4n) is 0.823. The van der Waals surface area contributed by atoms with Crippen molar-refractivity contribution >= 4 is 20.7 Å². The van der Waals surface area contributed by atoms with Gasteiger partial charge in [0, 0.05) is 17.8 Å². The van der Waals surface area contributed by atoms with Gasteiger partial charge in [-0.25, -0.2) is 8.54 Å². The lowest BCUT2D eigenvalue weighted by molar-refractivity contribution is 0.552. The van der Waals surface area contributed by atoms with Crippen LogP contribution in [0, 0.1) is 0 Å². The third kappa shape index (κ3) is 10.4. The van der Waals surface area contributed by atoms with E-state index in [1.165, 1.54) is 44.1 Å². The summed E-state index contributed by atoms with van der Waals surface area (Å²) < 4.78 is 14.4. The molecule has 2 nitrogen and oxygen atoms in total. The van der Waals surface area contributed by atoms with Crippen LogP contribution in [0.5, 0.6) is 0 Å². The Labute approximate surface area is 74.6 Å². The standard InChI is InChI=1S/C7H15O2PS/c1-2-3-4-5-6-7-11-9-10-8/h2-7H2,1H3. The molecule has 0 radical (unpaired) electrons. The molecule has 0 aliphatic heterocycles. The topological polar surface area (TPSA) is 26.3 Å². The van der Waals surface area contributed by atoms with Gasteiger partial charge in [0.25, 0.3) is 0 Å². The van der Waals surface area contributed by atoms with Crippen molar-refractivity contribution in [3.05, 3.63) is 0 Å². The van der Waals surface area contributed by atoms with E-state index in [1.54, 1.807) is 0 Å². The number of unbranched alkanes of at least 4 members (excludes halogenated alkanes) is 4. The van der Waals surface area contributed by atoms with Gasteiger partial charge in [-0.3, -0.25) is 0 Å². The Kier molecular flexibility index (Phi) is 10.8. The van der Waals surface area contributed by atoms with E-state index in [9.17, 15) is 4.57 Å². The minimum atomic E-state index is -0.217. The third-order valence-corrected chi connectivity index (χ3v) is 2.53. The molecule has 0 spiro atoms. The maximum Gasteiger partial charge on any atom is 0.339 e. The second-order valence-corrected chi connectivity index (χ2v) is 3.77. The van der Waals surface area contributed by atoms with Gasteiger partial charge >= 0.3 is 8.69 Å². The first-order valence-electron chi connectivity index (χ1n) is 4.03. The summed E-state index contributed by atoms with van der Waals surface area (Å²) in [6.07, 6.45) is 6.35. The molecular formula is C7H15O2PS. The van der Waals surface area contributed by atoms with Crippen LogP contribution >= 0.6 is 20.7 Å². The zero-order valence-electron chi connectivity index (χ0n) is 6.91. The van der Waals surface area contributed by atoms with Crippen LogP contribution in [0.25, 0.3) is 0 Å². The first-order valence-corrected chi connectivity index (χ1v) is 5.67. The van der Waals surface area contributed by atoms with Crippen molar-refractivity contribution in [3.63, 3.8) is 0 Å². The summed E-state index contributed by atoms with van der Waals surface area (Å²) in [5.74, 6) is 0.957. The summed E-state index contributed by atoms with van der Waals surface area (Å²) in [6, 6.07) is 0. The van der Waals surface area contributed by atoms with Crippen LogP contribution in [-0.2, 0) is 8.54 Å². The number of rotatable bonds is 8. The Morgan fingerprint density at radius 3 is 2.64 bits per heavy atom. The molecule has 4 heteroatoms. The quantitative estimate of drug-likeness (QED) is 0.333. The van der Waals surface area contributed by atoms with Crippen LogP contribution in [-0.4, -0.2) is 5.75 Å². The fourth-order valence-corrected chi connectivity index (χ4v) is 1.62. The molecule has 0 aromatic rings. The van der Waals surface area contributed by atoms with Crippen molar-refractivity contribution in [3.8, 4) is 0 Å². The lowest BCUT2D eigenvalue weighted by atomic mass is 10.2. The molecule has 0 aliphatic rings. The van der Waals surface area contributed by atoms with Gasteiger partial charge in [0.15, 0.2) is 0 Å². The van der Waals surface area contributed by atoms with E-state index in [-0.39, 0.29) is 8.69 Å². The van der Waals surface area contributed by atoms with Gasteiger partial charge in [0.2, 0.25) is 0 Å². The maximum absolute atomic E-state index is 9.79. The minimum absolute atomic E-state index is 0.217. The van der Waals surface area contributed by atoms with Crippen LogP contribution in [0.15, 0.2) is 0 Å². The van der Waals surface area contributed by atoms with Crippen molar-refractivity contribution in [2.45, 2.75) is 39.0 Å². The summed E-state index contributed by atoms with van der Waals surface area (Å²) in [5, 5.41) is 0. The normalized spacial score (nSPS) is 10.6. The molecule has 0 saturated heterocycles. The molecule has 0 heterocycles. The van der Waals surface area contributed by atoms with Crippen molar-refractivity contribution < 1.29 is 8.54 Å². The summed E-state index contributed by atoms with van der Waals surface area (Å²) >= 11 is 1.29. The highest BCUT2D eigenvalue weighted by molar-refractivity contribution is 7.96. The minimum Gasteiger partial charge on any atom is -0.239 e. The van der Waals surface area contributed by atoms with Crippen molar-refractivity contribution in [1.29, 1.82) is 0 Å². The van der Waals surface area contributed by atoms with Crippen LogP contribution in [0.4, 0.5) is 0 Å². The Morgan fingerprint density at radius 1 is 1.27 bits per heavy atom. The first kappa shape index (κ1) is 11.4. The lowest BCUT2D eigenvalue weighted by Gasteiger charge is -1.96. The molecule has 0 rings (SSSR count).